The van der Waals surface area contributed by atoms with E-state index < -0.39 is 0 Å². The standard InChI is InChI=1S/C14H18N2O2S2/c1-4-18-14(17)12-13(19-8-15-12)16-9(2)7-11-6-5-10(3)20-11/h5-6,8-9,16H,4,7H2,1-3H3. The van der Waals surface area contributed by atoms with Gasteiger partial charge in [0, 0.05) is 22.2 Å². The van der Waals surface area contributed by atoms with Gasteiger partial charge < -0.3 is 10.1 Å². The molecule has 108 valence electrons. The summed E-state index contributed by atoms with van der Waals surface area (Å²) < 4.78 is 5.00. The lowest BCUT2D eigenvalue weighted by atomic mass is 10.2. The fraction of sp³-hybridized carbons (Fsp3) is 0.429. The third-order valence-electron chi connectivity index (χ3n) is 2.72. The van der Waals surface area contributed by atoms with Gasteiger partial charge in [-0.3, -0.25) is 0 Å². The summed E-state index contributed by atoms with van der Waals surface area (Å²) in [6, 6.07) is 4.52. The number of nitrogens with one attached hydrogen (secondary N) is 1. The van der Waals surface area contributed by atoms with E-state index in [4.69, 9.17) is 4.74 Å². The zero-order valence-electron chi connectivity index (χ0n) is 11.8. The maximum Gasteiger partial charge on any atom is 0.360 e. The second kappa shape index (κ2) is 6.85. The molecule has 0 aliphatic heterocycles. The van der Waals surface area contributed by atoms with Crippen LogP contribution in [0.3, 0.4) is 0 Å². The van der Waals surface area contributed by atoms with E-state index in [1.165, 1.54) is 21.1 Å². The van der Waals surface area contributed by atoms with Crippen molar-refractivity contribution >= 4 is 33.6 Å². The fourth-order valence-electron chi connectivity index (χ4n) is 1.86. The number of thiophene rings is 1. The Hall–Kier alpha value is -1.40. The molecule has 20 heavy (non-hydrogen) atoms. The van der Waals surface area contributed by atoms with E-state index in [-0.39, 0.29) is 12.0 Å². The van der Waals surface area contributed by atoms with E-state index >= 15 is 0 Å². The van der Waals surface area contributed by atoms with Crippen LogP contribution in [0.1, 0.15) is 34.1 Å². The molecule has 1 N–H and O–H groups in total. The molecule has 1 atom stereocenters. The molecule has 6 heteroatoms. The van der Waals surface area contributed by atoms with Crippen LogP contribution < -0.4 is 5.32 Å². The first kappa shape index (κ1) is 15.0. The number of anilines is 1. The molecule has 0 spiro atoms. The largest absolute Gasteiger partial charge is 0.461 e. The molecule has 0 saturated carbocycles. The number of carbonyl (C=O) groups excluding carboxylic acids is 1. The van der Waals surface area contributed by atoms with Crippen molar-refractivity contribution in [2.75, 3.05) is 11.9 Å². The highest BCUT2D eigenvalue weighted by Gasteiger charge is 2.17. The van der Waals surface area contributed by atoms with Crippen molar-refractivity contribution < 1.29 is 9.53 Å². The molecule has 0 amide bonds. The molecule has 4 nitrogen and oxygen atoms in total. The number of nitrogens with zero attached hydrogens (tertiary/aromatic N) is 1. The number of hydrogen-bond donors (Lipinski definition) is 1. The lowest BCUT2D eigenvalue weighted by Gasteiger charge is -2.13. The Morgan fingerprint density at radius 2 is 2.30 bits per heavy atom. The van der Waals surface area contributed by atoms with Gasteiger partial charge in [-0.2, -0.15) is 0 Å². The summed E-state index contributed by atoms with van der Waals surface area (Å²) in [5.41, 5.74) is 2.04. The number of ether oxygens (including phenoxy) is 1. The molecule has 0 fully saturated rings. The molecule has 0 saturated heterocycles. The minimum Gasteiger partial charge on any atom is -0.461 e. The smallest absolute Gasteiger partial charge is 0.360 e. The summed E-state index contributed by atoms with van der Waals surface area (Å²) in [6.07, 6.45) is 0.929. The van der Waals surface area contributed by atoms with Crippen LogP contribution in [0.25, 0.3) is 0 Å². The normalized spacial score (nSPS) is 12.2. The highest BCUT2D eigenvalue weighted by Crippen LogP contribution is 2.24. The highest BCUT2D eigenvalue weighted by molar-refractivity contribution is 7.14. The van der Waals surface area contributed by atoms with Crippen molar-refractivity contribution in [2.24, 2.45) is 0 Å². The minimum absolute atomic E-state index is 0.238. The van der Waals surface area contributed by atoms with Crippen LogP contribution in [-0.2, 0) is 11.2 Å². The second-order valence-corrected chi connectivity index (χ2v) is 6.74. The number of aryl methyl sites for hydroxylation is 1. The zero-order chi connectivity index (χ0) is 14.5. The van der Waals surface area contributed by atoms with Crippen molar-refractivity contribution in [2.45, 2.75) is 33.2 Å². The fourth-order valence-corrected chi connectivity index (χ4v) is 3.66. The van der Waals surface area contributed by atoms with Crippen LogP contribution in [0.2, 0.25) is 0 Å². The van der Waals surface area contributed by atoms with Crippen LogP contribution in [0, 0.1) is 6.92 Å². The van der Waals surface area contributed by atoms with Crippen molar-refractivity contribution in [3.05, 3.63) is 33.1 Å². The minimum atomic E-state index is -0.365. The molecule has 0 bridgehead atoms. The topological polar surface area (TPSA) is 51.2 Å². The van der Waals surface area contributed by atoms with Crippen LogP contribution in [0.4, 0.5) is 5.00 Å². The van der Waals surface area contributed by atoms with Crippen LogP contribution in [-0.4, -0.2) is 23.6 Å². The summed E-state index contributed by atoms with van der Waals surface area (Å²) >= 11 is 3.23. The van der Waals surface area contributed by atoms with Gasteiger partial charge in [-0.05, 0) is 32.9 Å². The first-order valence-electron chi connectivity index (χ1n) is 6.52. The number of carbonyl (C=O) groups is 1. The zero-order valence-corrected chi connectivity index (χ0v) is 13.4. The number of thiazole rings is 1. The molecule has 2 rings (SSSR count). The predicted octanol–water partition coefficient (Wildman–Crippen LogP) is 3.73. The maximum absolute atomic E-state index is 11.8. The first-order valence-corrected chi connectivity index (χ1v) is 8.22. The van der Waals surface area contributed by atoms with Crippen molar-refractivity contribution in [1.82, 2.24) is 4.98 Å². The highest BCUT2D eigenvalue weighted by atomic mass is 32.1. The van der Waals surface area contributed by atoms with Crippen molar-refractivity contribution in [3.8, 4) is 0 Å². The first-order chi connectivity index (χ1) is 9.60. The summed E-state index contributed by atoms with van der Waals surface area (Å²) in [5.74, 6) is -0.365. The Bertz CT molecular complexity index is 577. The summed E-state index contributed by atoms with van der Waals surface area (Å²) in [7, 11) is 0. The Morgan fingerprint density at radius 3 is 2.95 bits per heavy atom. The molecule has 1 unspecified atom stereocenters. The van der Waals surface area contributed by atoms with Gasteiger partial charge in [0.2, 0.25) is 0 Å². The van der Waals surface area contributed by atoms with E-state index in [0.717, 1.165) is 11.4 Å². The molecule has 0 radical (unpaired) electrons. The third kappa shape index (κ3) is 3.80. The average molecular weight is 310 g/mol. The van der Waals surface area contributed by atoms with Gasteiger partial charge in [-0.15, -0.1) is 22.7 Å². The van der Waals surface area contributed by atoms with Crippen LogP contribution >= 0.6 is 22.7 Å². The van der Waals surface area contributed by atoms with Gasteiger partial charge in [0.25, 0.3) is 0 Å². The van der Waals surface area contributed by atoms with Crippen molar-refractivity contribution in [3.63, 3.8) is 0 Å². The molecular formula is C14H18N2O2S2. The van der Waals surface area contributed by atoms with Gasteiger partial charge in [0.15, 0.2) is 5.69 Å². The van der Waals surface area contributed by atoms with E-state index in [1.807, 2.05) is 0 Å². The Kier molecular flexibility index (Phi) is 5.14. The molecule has 2 aromatic rings. The molecule has 0 aromatic carbocycles. The summed E-state index contributed by atoms with van der Waals surface area (Å²) in [6.45, 7) is 6.36. The van der Waals surface area contributed by atoms with Gasteiger partial charge in [-0.25, -0.2) is 9.78 Å². The average Bonchev–Trinajstić information content (AvgIpc) is 2.99. The maximum atomic E-state index is 11.8. The Balaban J connectivity index is 1.99. The SMILES string of the molecule is CCOC(=O)c1ncsc1NC(C)Cc1ccc(C)s1. The third-order valence-corrected chi connectivity index (χ3v) is 4.50. The number of aromatic nitrogens is 1. The summed E-state index contributed by atoms with van der Waals surface area (Å²) in [5, 5.41) is 4.13. The number of rotatable bonds is 6. The Morgan fingerprint density at radius 1 is 1.50 bits per heavy atom. The van der Waals surface area contributed by atoms with Crippen LogP contribution in [0.5, 0.6) is 0 Å². The lowest BCUT2D eigenvalue weighted by Crippen LogP contribution is -2.19. The quantitative estimate of drug-likeness (QED) is 0.826. The molecule has 0 aliphatic rings. The van der Waals surface area contributed by atoms with Gasteiger partial charge >= 0.3 is 5.97 Å². The van der Waals surface area contributed by atoms with E-state index in [2.05, 4.69) is 36.3 Å². The monoisotopic (exact) mass is 310 g/mol. The predicted molar refractivity (Wildman–Crippen MR) is 83.9 cm³/mol. The van der Waals surface area contributed by atoms with E-state index in [1.54, 1.807) is 23.8 Å². The van der Waals surface area contributed by atoms with Gasteiger partial charge in [0.05, 0.1) is 12.1 Å². The number of hydrogen-bond acceptors (Lipinski definition) is 6. The van der Waals surface area contributed by atoms with Gasteiger partial charge in [0.1, 0.15) is 5.00 Å². The van der Waals surface area contributed by atoms with Gasteiger partial charge in [-0.1, -0.05) is 0 Å². The van der Waals surface area contributed by atoms with E-state index in [0.29, 0.717) is 12.3 Å². The summed E-state index contributed by atoms with van der Waals surface area (Å²) in [4.78, 5) is 18.5. The second-order valence-electron chi connectivity index (χ2n) is 4.51. The molecule has 0 aliphatic carbocycles. The number of esters is 1. The molecule has 2 aromatic heterocycles. The Labute approximate surface area is 126 Å². The van der Waals surface area contributed by atoms with Crippen molar-refractivity contribution in [1.29, 1.82) is 0 Å². The van der Waals surface area contributed by atoms with Crippen LogP contribution in [0.15, 0.2) is 17.6 Å². The molecule has 2 heterocycles. The van der Waals surface area contributed by atoms with E-state index in [9.17, 15) is 4.79 Å². The lowest BCUT2D eigenvalue weighted by molar-refractivity contribution is 0.0521. The molecular weight excluding hydrogens is 292 g/mol.